The third-order valence-electron chi connectivity index (χ3n) is 2.74. The molecular weight excluding hydrogens is 248 g/mol. The van der Waals surface area contributed by atoms with Gasteiger partial charge in [-0.15, -0.1) is 0 Å². The van der Waals surface area contributed by atoms with Crippen molar-refractivity contribution in [1.29, 1.82) is 0 Å². The van der Waals surface area contributed by atoms with E-state index in [1.165, 1.54) is 24.9 Å². The van der Waals surface area contributed by atoms with Gasteiger partial charge < -0.3 is 13.6 Å². The summed E-state index contributed by atoms with van der Waals surface area (Å²) in [7, 11) is 0.0871. The van der Waals surface area contributed by atoms with E-state index in [9.17, 15) is 0 Å². The SMILES string of the molecule is CCCC[Si](C)(C)O[SiH2]CCCOCCOC. The van der Waals surface area contributed by atoms with Gasteiger partial charge in [-0.3, -0.25) is 0 Å². The second kappa shape index (κ2) is 11.4. The van der Waals surface area contributed by atoms with E-state index in [-0.39, 0.29) is 9.76 Å². The van der Waals surface area contributed by atoms with Gasteiger partial charge in [0.1, 0.15) is 9.76 Å². The molecule has 17 heavy (non-hydrogen) atoms. The highest BCUT2D eigenvalue weighted by Crippen LogP contribution is 2.14. The van der Waals surface area contributed by atoms with E-state index in [0.717, 1.165) is 19.6 Å². The number of ether oxygens (including phenoxy) is 2. The number of hydrogen-bond acceptors (Lipinski definition) is 3. The standard InChI is InChI=1S/C12H30O3Si2/c1-5-6-12-17(3,4)15-16-11-7-8-14-10-9-13-2/h5-12,16H2,1-4H3. The van der Waals surface area contributed by atoms with Crippen molar-refractivity contribution in [2.24, 2.45) is 0 Å². The normalized spacial score (nSPS) is 12.7. The van der Waals surface area contributed by atoms with E-state index < -0.39 is 8.32 Å². The maximum atomic E-state index is 6.16. The minimum absolute atomic E-state index is 0.310. The highest BCUT2D eigenvalue weighted by molar-refractivity contribution is 6.75. The van der Waals surface area contributed by atoms with Crippen LogP contribution in [0.4, 0.5) is 0 Å². The number of methoxy groups -OCH3 is 1. The highest BCUT2D eigenvalue weighted by Gasteiger charge is 2.20. The van der Waals surface area contributed by atoms with E-state index in [0.29, 0.717) is 6.61 Å². The molecule has 0 aliphatic rings. The van der Waals surface area contributed by atoms with Crippen LogP contribution in [0.5, 0.6) is 0 Å². The molecule has 0 spiro atoms. The topological polar surface area (TPSA) is 27.7 Å². The molecule has 0 aliphatic heterocycles. The Hall–Kier alpha value is 0.314. The fraction of sp³-hybridized carbons (Fsp3) is 1.00. The van der Waals surface area contributed by atoms with Crippen LogP contribution in [-0.4, -0.2) is 45.0 Å². The van der Waals surface area contributed by atoms with Gasteiger partial charge in [-0.2, -0.15) is 0 Å². The van der Waals surface area contributed by atoms with Crippen LogP contribution in [0.1, 0.15) is 26.2 Å². The van der Waals surface area contributed by atoms with Crippen molar-refractivity contribution in [3.05, 3.63) is 0 Å². The molecule has 0 rings (SSSR count). The second-order valence-corrected chi connectivity index (χ2v) is 11.3. The summed E-state index contributed by atoms with van der Waals surface area (Å²) in [6, 6.07) is 2.57. The van der Waals surface area contributed by atoms with Gasteiger partial charge in [0.15, 0.2) is 8.32 Å². The van der Waals surface area contributed by atoms with Crippen LogP contribution in [0.2, 0.25) is 25.2 Å². The first-order valence-electron chi connectivity index (χ1n) is 6.83. The summed E-state index contributed by atoms with van der Waals surface area (Å²) < 4.78 is 16.5. The summed E-state index contributed by atoms with van der Waals surface area (Å²) in [5.74, 6) is 0. The molecule has 0 N–H and O–H groups in total. The maximum Gasteiger partial charge on any atom is 0.172 e. The van der Waals surface area contributed by atoms with E-state index >= 15 is 0 Å². The van der Waals surface area contributed by atoms with Crippen molar-refractivity contribution in [3.63, 3.8) is 0 Å². The van der Waals surface area contributed by atoms with Crippen molar-refractivity contribution in [3.8, 4) is 0 Å². The summed E-state index contributed by atoms with van der Waals surface area (Å²) in [5.41, 5.74) is 0. The summed E-state index contributed by atoms with van der Waals surface area (Å²) in [6.07, 6.45) is 3.76. The Bertz CT molecular complexity index is 166. The zero-order valence-corrected chi connectivity index (χ0v) is 14.5. The molecule has 104 valence electrons. The largest absolute Gasteiger partial charge is 0.460 e. The van der Waals surface area contributed by atoms with Crippen molar-refractivity contribution >= 4 is 18.1 Å². The molecule has 0 aromatic carbocycles. The first-order chi connectivity index (χ1) is 8.12. The fourth-order valence-electron chi connectivity index (χ4n) is 1.57. The lowest BCUT2D eigenvalue weighted by atomic mass is 10.4. The van der Waals surface area contributed by atoms with Crippen molar-refractivity contribution in [2.45, 2.75) is 51.4 Å². The number of unbranched alkanes of at least 4 members (excludes halogenated alkanes) is 1. The zero-order valence-electron chi connectivity index (χ0n) is 12.1. The van der Waals surface area contributed by atoms with E-state index in [4.69, 9.17) is 13.6 Å². The van der Waals surface area contributed by atoms with Crippen LogP contribution in [0.25, 0.3) is 0 Å². The van der Waals surface area contributed by atoms with Crippen molar-refractivity contribution < 1.29 is 13.6 Å². The molecule has 0 saturated carbocycles. The minimum Gasteiger partial charge on any atom is -0.460 e. The summed E-state index contributed by atoms with van der Waals surface area (Å²) in [6.45, 7) is 9.23. The molecule has 0 unspecified atom stereocenters. The first-order valence-corrected chi connectivity index (χ1v) is 11.5. The van der Waals surface area contributed by atoms with E-state index in [1.54, 1.807) is 7.11 Å². The third kappa shape index (κ3) is 12.6. The molecule has 0 heterocycles. The molecule has 0 atom stereocenters. The Labute approximate surface area is 110 Å². The van der Waals surface area contributed by atoms with Gasteiger partial charge in [0, 0.05) is 13.7 Å². The van der Waals surface area contributed by atoms with Crippen LogP contribution < -0.4 is 0 Å². The maximum absolute atomic E-state index is 6.16. The van der Waals surface area contributed by atoms with Crippen LogP contribution >= 0.6 is 0 Å². The molecule has 0 saturated heterocycles. The molecule has 0 amide bonds. The smallest absolute Gasteiger partial charge is 0.172 e. The average molecular weight is 279 g/mol. The Balaban J connectivity index is 3.26. The first kappa shape index (κ1) is 17.3. The van der Waals surface area contributed by atoms with Gasteiger partial charge >= 0.3 is 0 Å². The van der Waals surface area contributed by atoms with Crippen LogP contribution in [0.3, 0.4) is 0 Å². The molecule has 0 bridgehead atoms. The van der Waals surface area contributed by atoms with Gasteiger partial charge in [0.25, 0.3) is 0 Å². The van der Waals surface area contributed by atoms with Crippen LogP contribution in [-0.2, 0) is 13.6 Å². The fourth-order valence-corrected chi connectivity index (χ4v) is 6.55. The highest BCUT2D eigenvalue weighted by atomic mass is 28.4. The van der Waals surface area contributed by atoms with Gasteiger partial charge in [-0.05, 0) is 31.6 Å². The van der Waals surface area contributed by atoms with Crippen LogP contribution in [0, 0.1) is 0 Å². The quantitative estimate of drug-likeness (QED) is 0.406. The second-order valence-electron chi connectivity index (χ2n) is 5.02. The molecule has 0 aromatic rings. The Morgan fingerprint density at radius 2 is 1.82 bits per heavy atom. The van der Waals surface area contributed by atoms with Crippen molar-refractivity contribution in [2.75, 3.05) is 26.9 Å². The summed E-state index contributed by atoms with van der Waals surface area (Å²) >= 11 is 0. The van der Waals surface area contributed by atoms with Gasteiger partial charge in [0.2, 0.25) is 0 Å². The molecule has 0 aliphatic carbocycles. The predicted molar refractivity (Wildman–Crippen MR) is 78.9 cm³/mol. The van der Waals surface area contributed by atoms with E-state index in [1.807, 2.05) is 0 Å². The predicted octanol–water partition coefficient (Wildman–Crippen LogP) is 2.56. The Kier molecular flexibility index (Phi) is 11.6. The lowest BCUT2D eigenvalue weighted by Gasteiger charge is -2.23. The molecule has 0 aromatic heterocycles. The lowest BCUT2D eigenvalue weighted by Crippen LogP contribution is -2.31. The number of hydrogen-bond donors (Lipinski definition) is 0. The summed E-state index contributed by atoms with van der Waals surface area (Å²) in [5, 5.41) is 0. The monoisotopic (exact) mass is 278 g/mol. The molecule has 0 radical (unpaired) electrons. The Morgan fingerprint density at radius 3 is 2.47 bits per heavy atom. The summed E-state index contributed by atoms with van der Waals surface area (Å²) in [4.78, 5) is 0. The van der Waals surface area contributed by atoms with Crippen LogP contribution in [0.15, 0.2) is 0 Å². The molecular formula is C12H30O3Si2. The zero-order chi connectivity index (χ0) is 13.0. The molecule has 0 fully saturated rings. The Morgan fingerprint density at radius 1 is 1.06 bits per heavy atom. The van der Waals surface area contributed by atoms with Gasteiger partial charge in [0.05, 0.1) is 13.2 Å². The van der Waals surface area contributed by atoms with Crippen molar-refractivity contribution in [1.82, 2.24) is 0 Å². The minimum atomic E-state index is -1.30. The molecule has 5 heteroatoms. The van der Waals surface area contributed by atoms with Gasteiger partial charge in [-0.25, -0.2) is 0 Å². The molecule has 3 nitrogen and oxygen atoms in total. The number of rotatable bonds is 12. The van der Waals surface area contributed by atoms with E-state index in [2.05, 4.69) is 20.0 Å². The average Bonchev–Trinajstić information content (AvgIpc) is 2.30. The van der Waals surface area contributed by atoms with Gasteiger partial charge in [-0.1, -0.05) is 19.8 Å². The lowest BCUT2D eigenvalue weighted by molar-refractivity contribution is 0.0709. The third-order valence-corrected chi connectivity index (χ3v) is 9.03.